The van der Waals surface area contributed by atoms with Gasteiger partial charge >= 0.3 is 0 Å². The van der Waals surface area contributed by atoms with E-state index in [1.165, 1.54) is 0 Å². The zero-order valence-corrected chi connectivity index (χ0v) is 10.1. The van der Waals surface area contributed by atoms with Crippen LogP contribution in [-0.2, 0) is 13.0 Å². The van der Waals surface area contributed by atoms with Gasteiger partial charge in [0.1, 0.15) is 5.82 Å². The van der Waals surface area contributed by atoms with Gasteiger partial charge in [-0.2, -0.15) is 0 Å². The van der Waals surface area contributed by atoms with E-state index in [1.54, 1.807) is 0 Å². The molecule has 0 bridgehead atoms. The fourth-order valence-electron chi connectivity index (χ4n) is 1.70. The van der Waals surface area contributed by atoms with Crippen LogP contribution in [0, 0.1) is 5.41 Å². The molecule has 0 radical (unpaired) electrons. The number of nitrogens with two attached hydrogens (primary N) is 1. The molecule has 4 nitrogen and oxygen atoms in total. The Morgan fingerprint density at radius 1 is 1.25 bits per heavy atom. The minimum Gasteiger partial charge on any atom is -0.326 e. The molecule has 0 amide bonds. The van der Waals surface area contributed by atoms with E-state index < -0.39 is 0 Å². The molecule has 0 aliphatic carbocycles. The number of fused-ring (bicyclic) bond motifs is 1. The van der Waals surface area contributed by atoms with Crippen LogP contribution in [0.15, 0.2) is 18.3 Å². The van der Waals surface area contributed by atoms with Crippen molar-refractivity contribution in [2.75, 3.05) is 0 Å². The van der Waals surface area contributed by atoms with Crippen molar-refractivity contribution in [2.45, 2.75) is 33.7 Å². The Bertz CT molecular complexity index is 493. The lowest BCUT2D eigenvalue weighted by Gasteiger charge is -2.16. The molecule has 2 rings (SSSR count). The van der Waals surface area contributed by atoms with Gasteiger partial charge in [-0.05, 0) is 17.0 Å². The lowest BCUT2D eigenvalue weighted by molar-refractivity contribution is 0.399. The van der Waals surface area contributed by atoms with Crippen LogP contribution >= 0.6 is 0 Å². The molecule has 0 atom stereocenters. The van der Waals surface area contributed by atoms with Gasteiger partial charge in [0.15, 0.2) is 5.65 Å². The topological polar surface area (TPSA) is 56.2 Å². The van der Waals surface area contributed by atoms with E-state index in [1.807, 2.05) is 22.7 Å². The normalized spacial score (nSPS) is 12.2. The first-order chi connectivity index (χ1) is 7.49. The molecule has 0 saturated carbocycles. The number of hydrogen-bond acceptors (Lipinski definition) is 3. The van der Waals surface area contributed by atoms with Crippen LogP contribution in [0.1, 0.15) is 32.2 Å². The number of hydrogen-bond donors (Lipinski definition) is 1. The summed E-state index contributed by atoms with van der Waals surface area (Å²) in [7, 11) is 0. The number of rotatable bonds is 2. The van der Waals surface area contributed by atoms with Gasteiger partial charge in [-0.25, -0.2) is 0 Å². The minimum absolute atomic E-state index is 0.210. The number of aromatic nitrogens is 3. The molecule has 2 N–H and O–H groups in total. The zero-order valence-electron chi connectivity index (χ0n) is 10.1. The summed E-state index contributed by atoms with van der Waals surface area (Å²) in [6.07, 6.45) is 2.93. The summed E-state index contributed by atoms with van der Waals surface area (Å²) in [4.78, 5) is 0. The Balaban J connectivity index is 2.46. The average Bonchev–Trinajstić information content (AvgIpc) is 2.58. The standard InChI is InChI=1S/C12H18N4/c1-12(2,3)6-11-15-14-10-5-4-9(7-13)8-16(10)11/h4-5,8H,6-7,13H2,1-3H3. The predicted molar refractivity (Wildman–Crippen MR) is 64.0 cm³/mol. The lowest BCUT2D eigenvalue weighted by atomic mass is 9.92. The molecule has 16 heavy (non-hydrogen) atoms. The second-order valence-electron chi connectivity index (χ2n) is 5.32. The van der Waals surface area contributed by atoms with E-state index in [9.17, 15) is 0 Å². The highest BCUT2D eigenvalue weighted by Gasteiger charge is 2.15. The summed E-state index contributed by atoms with van der Waals surface area (Å²) >= 11 is 0. The lowest BCUT2D eigenvalue weighted by Crippen LogP contribution is -2.12. The fraction of sp³-hybridized carbons (Fsp3) is 0.500. The molecule has 0 aromatic carbocycles. The van der Waals surface area contributed by atoms with Gasteiger partial charge in [-0.3, -0.25) is 4.40 Å². The Labute approximate surface area is 95.5 Å². The summed E-state index contributed by atoms with van der Waals surface area (Å²) in [6.45, 7) is 7.13. The van der Waals surface area contributed by atoms with E-state index in [0.717, 1.165) is 23.5 Å². The van der Waals surface area contributed by atoms with Gasteiger partial charge in [0.05, 0.1) is 0 Å². The first-order valence-electron chi connectivity index (χ1n) is 5.52. The van der Waals surface area contributed by atoms with Gasteiger partial charge in [0.2, 0.25) is 0 Å². The van der Waals surface area contributed by atoms with Gasteiger partial charge < -0.3 is 5.73 Å². The third-order valence-electron chi connectivity index (χ3n) is 2.46. The van der Waals surface area contributed by atoms with Crippen LogP contribution < -0.4 is 5.73 Å². The quantitative estimate of drug-likeness (QED) is 0.836. The second kappa shape index (κ2) is 3.87. The third kappa shape index (κ3) is 2.22. The van der Waals surface area contributed by atoms with Crippen molar-refractivity contribution in [2.24, 2.45) is 11.1 Å². The fourth-order valence-corrected chi connectivity index (χ4v) is 1.70. The van der Waals surface area contributed by atoms with Crippen LogP contribution in [0.5, 0.6) is 0 Å². The van der Waals surface area contributed by atoms with Crippen LogP contribution in [0.2, 0.25) is 0 Å². The number of nitrogens with zero attached hydrogens (tertiary/aromatic N) is 3. The molecular formula is C12H18N4. The zero-order chi connectivity index (χ0) is 11.8. The summed E-state index contributed by atoms with van der Waals surface area (Å²) in [5, 5.41) is 8.38. The van der Waals surface area contributed by atoms with E-state index in [2.05, 4.69) is 31.0 Å². The maximum Gasteiger partial charge on any atom is 0.160 e. The molecule has 2 heterocycles. The Kier molecular flexibility index (Phi) is 2.68. The van der Waals surface area contributed by atoms with E-state index in [-0.39, 0.29) is 5.41 Å². The Morgan fingerprint density at radius 2 is 2.00 bits per heavy atom. The molecule has 2 aromatic heterocycles. The predicted octanol–water partition coefficient (Wildman–Crippen LogP) is 1.78. The van der Waals surface area contributed by atoms with Crippen molar-refractivity contribution in [1.29, 1.82) is 0 Å². The van der Waals surface area contributed by atoms with Crippen molar-refractivity contribution in [3.05, 3.63) is 29.7 Å². The first-order valence-corrected chi connectivity index (χ1v) is 5.52. The molecule has 0 spiro atoms. The smallest absolute Gasteiger partial charge is 0.160 e. The molecule has 4 heteroatoms. The monoisotopic (exact) mass is 218 g/mol. The van der Waals surface area contributed by atoms with E-state index in [0.29, 0.717) is 6.54 Å². The van der Waals surface area contributed by atoms with E-state index in [4.69, 9.17) is 5.73 Å². The molecule has 0 unspecified atom stereocenters. The maximum absolute atomic E-state index is 5.63. The second-order valence-corrected chi connectivity index (χ2v) is 5.32. The molecule has 0 fully saturated rings. The molecule has 2 aromatic rings. The van der Waals surface area contributed by atoms with E-state index >= 15 is 0 Å². The summed E-state index contributed by atoms with van der Waals surface area (Å²) in [5.74, 6) is 0.998. The van der Waals surface area contributed by atoms with Crippen LogP contribution in [0.3, 0.4) is 0 Å². The molecule has 0 aliphatic heterocycles. The van der Waals surface area contributed by atoms with Crippen molar-refractivity contribution < 1.29 is 0 Å². The largest absolute Gasteiger partial charge is 0.326 e. The van der Waals surface area contributed by atoms with Gasteiger partial charge in [0.25, 0.3) is 0 Å². The highest BCUT2D eigenvalue weighted by atomic mass is 15.2. The molecule has 0 saturated heterocycles. The van der Waals surface area contributed by atoms with Gasteiger partial charge in [0, 0.05) is 19.2 Å². The molecule has 86 valence electrons. The van der Waals surface area contributed by atoms with Gasteiger partial charge in [-0.15, -0.1) is 10.2 Å². The SMILES string of the molecule is CC(C)(C)Cc1nnc2ccc(CN)cn12. The minimum atomic E-state index is 0.210. The van der Waals surface area contributed by atoms with Crippen molar-refractivity contribution in [3.63, 3.8) is 0 Å². The Hall–Kier alpha value is -1.42. The van der Waals surface area contributed by atoms with Crippen molar-refractivity contribution >= 4 is 5.65 Å². The van der Waals surface area contributed by atoms with Crippen molar-refractivity contribution in [1.82, 2.24) is 14.6 Å². The highest BCUT2D eigenvalue weighted by Crippen LogP contribution is 2.20. The van der Waals surface area contributed by atoms with Crippen molar-refractivity contribution in [3.8, 4) is 0 Å². The first kappa shape index (κ1) is 11.1. The summed E-state index contributed by atoms with van der Waals surface area (Å²) in [6, 6.07) is 3.95. The summed E-state index contributed by atoms with van der Waals surface area (Å²) in [5.41, 5.74) is 7.83. The summed E-state index contributed by atoms with van der Waals surface area (Å²) < 4.78 is 2.04. The van der Waals surface area contributed by atoms with Crippen LogP contribution in [0.25, 0.3) is 5.65 Å². The third-order valence-corrected chi connectivity index (χ3v) is 2.46. The maximum atomic E-state index is 5.63. The van der Waals surface area contributed by atoms with Crippen LogP contribution in [0.4, 0.5) is 0 Å². The highest BCUT2D eigenvalue weighted by molar-refractivity contribution is 5.39. The average molecular weight is 218 g/mol. The Morgan fingerprint density at radius 3 is 2.62 bits per heavy atom. The molecule has 0 aliphatic rings. The van der Waals surface area contributed by atoms with Crippen LogP contribution in [-0.4, -0.2) is 14.6 Å². The number of pyridine rings is 1. The van der Waals surface area contributed by atoms with Gasteiger partial charge in [-0.1, -0.05) is 26.8 Å². The molecular weight excluding hydrogens is 200 g/mol.